The monoisotopic (exact) mass is 347 g/mol. The van der Waals surface area contributed by atoms with Crippen LogP contribution in [0.25, 0.3) is 6.08 Å². The summed E-state index contributed by atoms with van der Waals surface area (Å²) in [5.74, 6) is -0.357. The van der Waals surface area contributed by atoms with Crippen LogP contribution < -0.4 is 0 Å². The molecular weight excluding hydrogens is 326 g/mol. The number of carbonyl (C=O) groups excluding carboxylic acids is 2. The first-order valence-electron chi connectivity index (χ1n) is 8.02. The lowest BCUT2D eigenvalue weighted by molar-refractivity contribution is -0.138. The average Bonchev–Trinajstić information content (AvgIpc) is 2.72. The number of carbonyl (C=O) groups is 2. The zero-order valence-corrected chi connectivity index (χ0v) is 15.2. The van der Waals surface area contributed by atoms with E-state index in [2.05, 4.69) is 0 Å². The van der Waals surface area contributed by atoms with Crippen molar-refractivity contribution in [2.24, 2.45) is 5.92 Å². The standard InChI is InChI=1S/C19H22ClNO3/c1-5-24-19(23)17-13(4)21(11-12(2)3)18(22)16(17)10-14-7-6-8-15(20)9-14/h6-10,12H,5,11H2,1-4H3/b16-10-. The molecule has 24 heavy (non-hydrogen) atoms. The van der Waals surface area contributed by atoms with Crippen LogP contribution in [0, 0.1) is 5.92 Å². The van der Waals surface area contributed by atoms with Gasteiger partial charge in [-0.3, -0.25) is 4.79 Å². The molecule has 1 amide bonds. The first-order chi connectivity index (χ1) is 11.3. The van der Waals surface area contributed by atoms with Gasteiger partial charge in [-0.2, -0.15) is 0 Å². The lowest BCUT2D eigenvalue weighted by Crippen LogP contribution is -2.28. The Morgan fingerprint density at radius 2 is 2.08 bits per heavy atom. The predicted octanol–water partition coefficient (Wildman–Crippen LogP) is 4.06. The van der Waals surface area contributed by atoms with E-state index in [0.29, 0.717) is 28.4 Å². The molecule has 0 spiro atoms. The molecule has 0 atom stereocenters. The van der Waals surface area contributed by atoms with Gasteiger partial charge in [0.15, 0.2) is 0 Å². The molecule has 1 aromatic carbocycles. The molecular formula is C19H22ClNO3. The molecule has 0 aromatic heterocycles. The molecule has 0 N–H and O–H groups in total. The molecule has 1 aromatic rings. The number of halogens is 1. The molecule has 0 bridgehead atoms. The van der Waals surface area contributed by atoms with E-state index in [1.54, 1.807) is 43.0 Å². The summed E-state index contributed by atoms with van der Waals surface area (Å²) in [5, 5.41) is 0.576. The van der Waals surface area contributed by atoms with Crippen molar-refractivity contribution >= 4 is 29.6 Å². The van der Waals surface area contributed by atoms with Crippen molar-refractivity contribution in [1.82, 2.24) is 4.90 Å². The van der Waals surface area contributed by atoms with E-state index in [1.165, 1.54) is 0 Å². The second-order valence-corrected chi connectivity index (χ2v) is 6.54. The third-order valence-corrected chi connectivity index (χ3v) is 3.93. The third kappa shape index (κ3) is 3.88. The van der Waals surface area contributed by atoms with Crippen LogP contribution in [0.3, 0.4) is 0 Å². The third-order valence-electron chi connectivity index (χ3n) is 3.70. The Morgan fingerprint density at radius 3 is 2.67 bits per heavy atom. The summed E-state index contributed by atoms with van der Waals surface area (Å²) >= 11 is 6.01. The Morgan fingerprint density at radius 1 is 1.38 bits per heavy atom. The summed E-state index contributed by atoms with van der Waals surface area (Å²) in [4.78, 5) is 26.9. The minimum atomic E-state index is -0.470. The van der Waals surface area contributed by atoms with Gasteiger partial charge < -0.3 is 9.64 Å². The molecule has 128 valence electrons. The molecule has 1 heterocycles. The summed E-state index contributed by atoms with van der Waals surface area (Å²) < 4.78 is 5.15. The molecule has 1 aliphatic rings. The maximum atomic E-state index is 12.8. The maximum absolute atomic E-state index is 12.8. The average molecular weight is 348 g/mol. The Balaban J connectivity index is 2.51. The summed E-state index contributed by atoms with van der Waals surface area (Å²) in [7, 11) is 0. The van der Waals surface area contributed by atoms with Crippen LogP contribution in [0.2, 0.25) is 5.02 Å². The van der Waals surface area contributed by atoms with Gasteiger partial charge in [0, 0.05) is 17.3 Å². The molecule has 0 unspecified atom stereocenters. The summed E-state index contributed by atoms with van der Waals surface area (Å²) in [6.45, 7) is 8.41. The van der Waals surface area contributed by atoms with E-state index in [0.717, 1.165) is 5.56 Å². The summed E-state index contributed by atoms with van der Waals surface area (Å²) in [5.41, 5.74) is 2.10. The van der Waals surface area contributed by atoms with Crippen LogP contribution in [-0.2, 0) is 14.3 Å². The quantitative estimate of drug-likeness (QED) is 0.596. The van der Waals surface area contributed by atoms with Crippen LogP contribution >= 0.6 is 11.6 Å². The lowest BCUT2D eigenvalue weighted by atomic mass is 10.0. The summed E-state index contributed by atoms with van der Waals surface area (Å²) in [6.07, 6.45) is 1.70. The Hall–Kier alpha value is -2.07. The SMILES string of the molecule is CCOC(=O)C1=C(C)N(CC(C)C)C(=O)/C1=C\c1cccc(Cl)c1. The zero-order valence-electron chi connectivity index (χ0n) is 14.4. The van der Waals surface area contributed by atoms with Gasteiger partial charge >= 0.3 is 5.97 Å². The molecule has 0 radical (unpaired) electrons. The van der Waals surface area contributed by atoms with Crippen LogP contribution in [0.5, 0.6) is 0 Å². The first-order valence-corrected chi connectivity index (χ1v) is 8.40. The Labute approximate surface area is 147 Å². The highest BCUT2D eigenvalue weighted by Gasteiger charge is 2.37. The number of allylic oxidation sites excluding steroid dienone is 1. The van der Waals surface area contributed by atoms with Gasteiger partial charge in [0.1, 0.15) is 0 Å². The van der Waals surface area contributed by atoms with Gasteiger partial charge in [-0.25, -0.2) is 4.79 Å². The molecule has 1 aliphatic heterocycles. The van der Waals surface area contributed by atoms with E-state index in [1.807, 2.05) is 19.9 Å². The van der Waals surface area contributed by atoms with Crippen LogP contribution in [0.4, 0.5) is 0 Å². The fourth-order valence-electron chi connectivity index (χ4n) is 2.68. The number of ether oxygens (including phenoxy) is 1. The maximum Gasteiger partial charge on any atom is 0.340 e. The fourth-order valence-corrected chi connectivity index (χ4v) is 2.88. The van der Waals surface area contributed by atoms with Gasteiger partial charge in [0.25, 0.3) is 5.91 Å². The smallest absolute Gasteiger partial charge is 0.340 e. The first kappa shape index (κ1) is 18.3. The van der Waals surface area contributed by atoms with E-state index in [-0.39, 0.29) is 18.4 Å². The summed E-state index contributed by atoms with van der Waals surface area (Å²) in [6, 6.07) is 7.17. The fraction of sp³-hybridized carbons (Fsp3) is 0.368. The van der Waals surface area contributed by atoms with Crippen molar-refractivity contribution in [2.75, 3.05) is 13.2 Å². The molecule has 0 fully saturated rings. The topological polar surface area (TPSA) is 46.6 Å². The molecule has 0 saturated carbocycles. The van der Waals surface area contributed by atoms with Crippen molar-refractivity contribution in [2.45, 2.75) is 27.7 Å². The molecule has 2 rings (SSSR count). The number of hydrogen-bond donors (Lipinski definition) is 0. The molecule has 0 aliphatic carbocycles. The van der Waals surface area contributed by atoms with Gasteiger partial charge in [0.05, 0.1) is 17.8 Å². The highest BCUT2D eigenvalue weighted by Crippen LogP contribution is 2.32. The van der Waals surface area contributed by atoms with Gasteiger partial charge in [-0.15, -0.1) is 0 Å². The Kier molecular flexibility index (Phi) is 5.84. The van der Waals surface area contributed by atoms with Crippen molar-refractivity contribution in [3.63, 3.8) is 0 Å². The second-order valence-electron chi connectivity index (χ2n) is 6.10. The van der Waals surface area contributed by atoms with E-state index in [4.69, 9.17) is 16.3 Å². The largest absolute Gasteiger partial charge is 0.462 e. The van der Waals surface area contributed by atoms with E-state index < -0.39 is 5.97 Å². The molecule has 5 heteroatoms. The number of rotatable bonds is 5. The van der Waals surface area contributed by atoms with E-state index >= 15 is 0 Å². The van der Waals surface area contributed by atoms with Crippen molar-refractivity contribution in [3.8, 4) is 0 Å². The number of nitrogens with zero attached hydrogens (tertiary/aromatic N) is 1. The van der Waals surface area contributed by atoms with Crippen LogP contribution in [0.15, 0.2) is 41.1 Å². The molecule has 4 nitrogen and oxygen atoms in total. The molecule has 0 saturated heterocycles. The van der Waals surface area contributed by atoms with Crippen LogP contribution in [-0.4, -0.2) is 29.9 Å². The van der Waals surface area contributed by atoms with Crippen molar-refractivity contribution in [3.05, 3.63) is 51.7 Å². The minimum absolute atomic E-state index is 0.177. The van der Waals surface area contributed by atoms with Gasteiger partial charge in [-0.1, -0.05) is 37.6 Å². The highest BCUT2D eigenvalue weighted by molar-refractivity contribution is 6.30. The normalized spacial score (nSPS) is 16.5. The number of amides is 1. The van der Waals surface area contributed by atoms with Crippen LogP contribution in [0.1, 0.15) is 33.3 Å². The van der Waals surface area contributed by atoms with E-state index in [9.17, 15) is 9.59 Å². The number of hydrogen-bond acceptors (Lipinski definition) is 3. The Bertz CT molecular complexity index is 719. The van der Waals surface area contributed by atoms with Crippen molar-refractivity contribution < 1.29 is 14.3 Å². The van der Waals surface area contributed by atoms with Gasteiger partial charge in [0.2, 0.25) is 0 Å². The second kappa shape index (κ2) is 7.67. The number of benzene rings is 1. The number of esters is 1. The predicted molar refractivity (Wildman–Crippen MR) is 95.3 cm³/mol. The highest BCUT2D eigenvalue weighted by atomic mass is 35.5. The minimum Gasteiger partial charge on any atom is -0.462 e. The van der Waals surface area contributed by atoms with Gasteiger partial charge in [-0.05, 0) is 43.5 Å². The zero-order chi connectivity index (χ0) is 17.9. The lowest BCUT2D eigenvalue weighted by Gasteiger charge is -2.19. The van der Waals surface area contributed by atoms with Crippen molar-refractivity contribution in [1.29, 1.82) is 0 Å².